The molecule has 1 aliphatic carbocycles. The van der Waals surface area contributed by atoms with Crippen LogP contribution in [0.5, 0.6) is 0 Å². The zero-order valence-electron chi connectivity index (χ0n) is 15.6. The highest BCUT2D eigenvalue weighted by Gasteiger charge is 2.33. The number of halogens is 3. The van der Waals surface area contributed by atoms with Gasteiger partial charge in [-0.15, -0.1) is 11.3 Å². The van der Waals surface area contributed by atoms with Gasteiger partial charge in [-0.25, -0.2) is 9.78 Å². The summed E-state index contributed by atoms with van der Waals surface area (Å²) in [6.07, 6.45) is -1.96. The van der Waals surface area contributed by atoms with Crippen LogP contribution in [0, 0.1) is 0 Å². The molecule has 0 amide bonds. The molecular weight excluding hydrogens is 399 g/mol. The van der Waals surface area contributed by atoms with E-state index in [2.05, 4.69) is 9.72 Å². The van der Waals surface area contributed by atoms with Gasteiger partial charge in [0.1, 0.15) is 0 Å². The summed E-state index contributed by atoms with van der Waals surface area (Å²) in [5.74, 6) is -0.174. The lowest BCUT2D eigenvalue weighted by molar-refractivity contribution is -0.137. The van der Waals surface area contributed by atoms with E-state index < -0.39 is 17.7 Å². The third kappa shape index (κ3) is 4.50. The molecule has 150 valence electrons. The van der Waals surface area contributed by atoms with Gasteiger partial charge in [-0.2, -0.15) is 13.2 Å². The fraction of sp³-hybridized carbons (Fsp3) is 0.273. The summed E-state index contributed by atoms with van der Waals surface area (Å²) in [6, 6.07) is 11.3. The van der Waals surface area contributed by atoms with Gasteiger partial charge in [-0.3, -0.25) is 0 Å². The topological polar surface area (TPSA) is 39.2 Å². The molecule has 0 aliphatic heterocycles. The van der Waals surface area contributed by atoms with E-state index in [0.29, 0.717) is 23.2 Å². The van der Waals surface area contributed by atoms with Crippen LogP contribution >= 0.6 is 11.3 Å². The molecule has 0 N–H and O–H groups in total. The molecule has 0 radical (unpaired) electrons. The first-order valence-electron chi connectivity index (χ1n) is 9.17. The molecule has 4 rings (SSSR count). The third-order valence-electron chi connectivity index (χ3n) is 4.91. The predicted molar refractivity (Wildman–Crippen MR) is 105 cm³/mol. The molecule has 3 nitrogen and oxygen atoms in total. The first kappa shape index (κ1) is 19.6. The summed E-state index contributed by atoms with van der Waals surface area (Å²) >= 11 is 1.41. The normalized spacial score (nSPS) is 14.1. The third-order valence-corrected chi connectivity index (χ3v) is 5.76. The van der Waals surface area contributed by atoms with Gasteiger partial charge in [0, 0.05) is 17.4 Å². The molecular formula is C22H18F3NO2S. The molecule has 29 heavy (non-hydrogen) atoms. The lowest BCUT2D eigenvalue weighted by Gasteiger charge is -2.11. The molecule has 0 bridgehead atoms. The quantitative estimate of drug-likeness (QED) is 0.472. The molecule has 7 heteroatoms. The Morgan fingerprint density at radius 2 is 1.90 bits per heavy atom. The molecule has 3 aromatic rings. The highest BCUT2D eigenvalue weighted by molar-refractivity contribution is 7.10. The van der Waals surface area contributed by atoms with Crippen LogP contribution in [0.1, 0.15) is 50.8 Å². The fourth-order valence-electron chi connectivity index (χ4n) is 3.19. The molecule has 1 saturated carbocycles. The maximum Gasteiger partial charge on any atom is 0.416 e. The van der Waals surface area contributed by atoms with Crippen LogP contribution in [0.4, 0.5) is 13.2 Å². The van der Waals surface area contributed by atoms with Crippen molar-refractivity contribution < 1.29 is 22.7 Å². The Morgan fingerprint density at radius 1 is 1.17 bits per heavy atom. The largest absolute Gasteiger partial charge is 0.465 e. The van der Waals surface area contributed by atoms with Crippen molar-refractivity contribution in [3.63, 3.8) is 0 Å². The van der Waals surface area contributed by atoms with Crippen LogP contribution in [0.25, 0.3) is 11.3 Å². The number of thiazole rings is 1. The van der Waals surface area contributed by atoms with Crippen molar-refractivity contribution in [2.45, 2.75) is 31.4 Å². The van der Waals surface area contributed by atoms with Crippen molar-refractivity contribution in [2.75, 3.05) is 7.11 Å². The zero-order chi connectivity index (χ0) is 20.6. The van der Waals surface area contributed by atoms with Crippen LogP contribution in [0.15, 0.2) is 47.8 Å². The minimum Gasteiger partial charge on any atom is -0.465 e. The Labute approximate surface area is 170 Å². The Hall–Kier alpha value is -2.67. The Morgan fingerprint density at radius 3 is 2.52 bits per heavy atom. The maximum atomic E-state index is 13.3. The first-order chi connectivity index (χ1) is 13.8. The number of methoxy groups -OCH3 is 1. The van der Waals surface area contributed by atoms with Crippen LogP contribution in [-0.4, -0.2) is 18.1 Å². The van der Waals surface area contributed by atoms with E-state index in [-0.39, 0.29) is 5.92 Å². The van der Waals surface area contributed by atoms with Crippen molar-refractivity contribution in [3.8, 4) is 11.3 Å². The van der Waals surface area contributed by atoms with E-state index in [4.69, 9.17) is 0 Å². The summed E-state index contributed by atoms with van der Waals surface area (Å²) in [7, 11) is 1.33. The Kier molecular flexibility index (Phi) is 5.17. The molecule has 2 aromatic carbocycles. The van der Waals surface area contributed by atoms with Gasteiger partial charge in [0.15, 0.2) is 0 Å². The Bertz CT molecular complexity index is 1040. The monoisotopic (exact) mass is 417 g/mol. The smallest absolute Gasteiger partial charge is 0.416 e. The second kappa shape index (κ2) is 7.63. The Balaban J connectivity index is 1.57. The van der Waals surface area contributed by atoms with Gasteiger partial charge in [0.2, 0.25) is 0 Å². The van der Waals surface area contributed by atoms with Crippen LogP contribution < -0.4 is 0 Å². The molecule has 1 aliphatic rings. The maximum absolute atomic E-state index is 13.3. The molecule has 0 unspecified atom stereocenters. The van der Waals surface area contributed by atoms with Crippen molar-refractivity contribution in [1.29, 1.82) is 0 Å². The number of benzene rings is 2. The van der Waals surface area contributed by atoms with E-state index in [1.165, 1.54) is 30.6 Å². The number of aromatic nitrogens is 1. The summed E-state index contributed by atoms with van der Waals surface area (Å²) in [6.45, 7) is 0. The second-order valence-electron chi connectivity index (χ2n) is 7.11. The summed E-state index contributed by atoms with van der Waals surface area (Å²) in [5, 5.41) is 2.60. The lowest BCUT2D eigenvalue weighted by atomic mass is 10.0. The molecule has 0 spiro atoms. The highest BCUT2D eigenvalue weighted by atomic mass is 32.1. The van der Waals surface area contributed by atoms with Crippen molar-refractivity contribution in [2.24, 2.45) is 0 Å². The summed E-state index contributed by atoms with van der Waals surface area (Å²) < 4.78 is 44.6. The number of nitrogens with zero attached hydrogens (tertiary/aromatic N) is 1. The number of carbonyl (C=O) groups is 1. The molecule has 1 heterocycles. The molecule has 0 saturated heterocycles. The van der Waals surface area contributed by atoms with Crippen molar-refractivity contribution in [3.05, 3.63) is 75.1 Å². The number of hydrogen-bond acceptors (Lipinski definition) is 4. The van der Waals surface area contributed by atoms with Crippen LogP contribution in [0.2, 0.25) is 0 Å². The lowest BCUT2D eigenvalue weighted by Crippen LogP contribution is -2.06. The van der Waals surface area contributed by atoms with Gasteiger partial charge in [0.05, 0.1) is 28.9 Å². The highest BCUT2D eigenvalue weighted by Crippen LogP contribution is 2.44. The SMILES string of the molecule is COC(=O)c1ccc(Cc2nc(-c3cc(C4CC4)cc(C(F)(F)F)c3)cs2)cc1. The molecule has 1 fully saturated rings. The minimum absolute atomic E-state index is 0.225. The van der Waals surface area contributed by atoms with Crippen LogP contribution in [0.3, 0.4) is 0 Å². The molecule has 1 aromatic heterocycles. The van der Waals surface area contributed by atoms with Gasteiger partial charge in [-0.1, -0.05) is 12.1 Å². The number of carbonyl (C=O) groups excluding carboxylic acids is 1. The van der Waals surface area contributed by atoms with Crippen molar-refractivity contribution in [1.82, 2.24) is 4.98 Å². The number of hydrogen-bond donors (Lipinski definition) is 0. The van der Waals surface area contributed by atoms with Crippen molar-refractivity contribution >= 4 is 17.3 Å². The molecule has 0 atom stereocenters. The summed E-state index contributed by atoms with van der Waals surface area (Å²) in [5.41, 5.74) is 2.61. The van der Waals surface area contributed by atoms with Gasteiger partial charge in [-0.05, 0) is 60.2 Å². The zero-order valence-corrected chi connectivity index (χ0v) is 16.4. The van der Waals surface area contributed by atoms with E-state index in [1.807, 2.05) is 18.2 Å². The second-order valence-corrected chi connectivity index (χ2v) is 8.05. The van der Waals surface area contributed by atoms with E-state index in [9.17, 15) is 18.0 Å². The predicted octanol–water partition coefficient (Wildman–Crippen LogP) is 6.08. The number of ether oxygens (including phenoxy) is 1. The summed E-state index contributed by atoms with van der Waals surface area (Å²) in [4.78, 5) is 16.1. The number of rotatable bonds is 5. The fourth-order valence-corrected chi connectivity index (χ4v) is 4.03. The van der Waals surface area contributed by atoms with Crippen LogP contribution in [-0.2, 0) is 17.3 Å². The average molecular weight is 417 g/mol. The van der Waals surface area contributed by atoms with Gasteiger partial charge < -0.3 is 4.74 Å². The first-order valence-corrected chi connectivity index (χ1v) is 10.1. The van der Waals surface area contributed by atoms with E-state index in [1.54, 1.807) is 17.5 Å². The van der Waals surface area contributed by atoms with E-state index in [0.717, 1.165) is 29.0 Å². The van der Waals surface area contributed by atoms with Gasteiger partial charge in [0.25, 0.3) is 0 Å². The minimum atomic E-state index is -4.38. The number of esters is 1. The standard InChI is InChI=1S/C22H18F3NO2S/c1-28-21(27)15-4-2-13(3-5-15)8-20-26-19(12-29-20)17-9-16(14-6-7-14)10-18(11-17)22(23,24)25/h2-5,9-12,14H,6-8H2,1H3. The number of alkyl halides is 3. The average Bonchev–Trinajstić information content (AvgIpc) is 3.46. The van der Waals surface area contributed by atoms with Gasteiger partial charge >= 0.3 is 12.1 Å². The van der Waals surface area contributed by atoms with E-state index >= 15 is 0 Å².